The first-order chi connectivity index (χ1) is 8.55. The SMILES string of the molecule is NCC1(c2cnc3ccccc3n2)CC(F)(F)C1. The molecule has 1 aromatic heterocycles. The van der Waals surface area contributed by atoms with E-state index >= 15 is 0 Å². The molecule has 5 heteroatoms. The van der Waals surface area contributed by atoms with E-state index in [-0.39, 0.29) is 19.4 Å². The van der Waals surface area contributed by atoms with E-state index in [2.05, 4.69) is 9.97 Å². The fourth-order valence-electron chi connectivity index (χ4n) is 2.58. The topological polar surface area (TPSA) is 51.8 Å². The van der Waals surface area contributed by atoms with Crippen LogP contribution in [0.3, 0.4) is 0 Å². The Kier molecular flexibility index (Phi) is 2.35. The minimum atomic E-state index is -2.62. The quantitative estimate of drug-likeness (QED) is 0.888. The van der Waals surface area contributed by atoms with Crippen LogP contribution in [-0.2, 0) is 5.41 Å². The summed E-state index contributed by atoms with van der Waals surface area (Å²) in [5.41, 5.74) is 7.02. The number of hydrogen-bond acceptors (Lipinski definition) is 3. The number of aromatic nitrogens is 2. The zero-order chi connectivity index (χ0) is 12.8. The third-order valence-corrected chi connectivity index (χ3v) is 3.58. The van der Waals surface area contributed by atoms with Crippen LogP contribution in [0.25, 0.3) is 11.0 Å². The molecule has 3 rings (SSSR count). The van der Waals surface area contributed by atoms with Crippen molar-refractivity contribution in [3.8, 4) is 0 Å². The molecule has 0 amide bonds. The number of halogens is 2. The van der Waals surface area contributed by atoms with E-state index in [0.717, 1.165) is 11.0 Å². The van der Waals surface area contributed by atoms with Crippen LogP contribution in [0, 0.1) is 0 Å². The van der Waals surface area contributed by atoms with Gasteiger partial charge in [-0.1, -0.05) is 12.1 Å². The number of nitrogens with zero attached hydrogens (tertiary/aromatic N) is 2. The van der Waals surface area contributed by atoms with Crippen molar-refractivity contribution in [2.24, 2.45) is 5.73 Å². The summed E-state index contributed by atoms with van der Waals surface area (Å²) in [7, 11) is 0. The first-order valence-corrected chi connectivity index (χ1v) is 5.85. The summed E-state index contributed by atoms with van der Waals surface area (Å²) in [6.45, 7) is 0.176. The molecule has 1 fully saturated rings. The summed E-state index contributed by atoms with van der Waals surface area (Å²) in [6.07, 6.45) is 1.11. The highest BCUT2D eigenvalue weighted by molar-refractivity contribution is 5.73. The highest BCUT2D eigenvalue weighted by Gasteiger charge is 2.57. The minimum absolute atomic E-state index is 0.176. The summed E-state index contributed by atoms with van der Waals surface area (Å²) in [5, 5.41) is 0. The summed E-state index contributed by atoms with van der Waals surface area (Å²) in [5.74, 6) is -2.62. The van der Waals surface area contributed by atoms with Gasteiger partial charge in [0.1, 0.15) is 0 Å². The Hall–Kier alpha value is -1.62. The fourth-order valence-corrected chi connectivity index (χ4v) is 2.58. The first kappa shape index (κ1) is 11.5. The number of rotatable bonds is 2. The smallest absolute Gasteiger partial charge is 0.250 e. The molecule has 0 bridgehead atoms. The van der Waals surface area contributed by atoms with Gasteiger partial charge in [-0.3, -0.25) is 4.98 Å². The maximum atomic E-state index is 13.1. The summed E-state index contributed by atoms with van der Waals surface area (Å²) in [6, 6.07) is 7.39. The van der Waals surface area contributed by atoms with Gasteiger partial charge >= 0.3 is 0 Å². The Balaban J connectivity index is 2.04. The van der Waals surface area contributed by atoms with E-state index in [4.69, 9.17) is 5.73 Å². The maximum Gasteiger partial charge on any atom is 0.250 e. The first-order valence-electron chi connectivity index (χ1n) is 5.85. The number of benzene rings is 1. The van der Waals surface area contributed by atoms with Gasteiger partial charge in [-0.15, -0.1) is 0 Å². The molecule has 18 heavy (non-hydrogen) atoms. The van der Waals surface area contributed by atoms with Gasteiger partial charge in [0.15, 0.2) is 0 Å². The number of alkyl halides is 2. The van der Waals surface area contributed by atoms with Crippen molar-refractivity contribution in [3.05, 3.63) is 36.2 Å². The number of nitrogens with two attached hydrogens (primary N) is 1. The van der Waals surface area contributed by atoms with Crippen LogP contribution >= 0.6 is 0 Å². The summed E-state index contributed by atoms with van der Waals surface area (Å²) >= 11 is 0. The molecule has 1 heterocycles. The molecular weight excluding hydrogens is 236 g/mol. The van der Waals surface area contributed by atoms with Crippen molar-refractivity contribution in [1.29, 1.82) is 0 Å². The Morgan fingerprint density at radius 2 is 1.83 bits per heavy atom. The molecule has 2 aromatic rings. The van der Waals surface area contributed by atoms with Gasteiger partial charge in [0, 0.05) is 31.0 Å². The summed E-state index contributed by atoms with van der Waals surface area (Å²) in [4.78, 5) is 8.69. The standard InChI is InChI=1S/C13H13F2N3/c14-13(15)6-12(7-13,8-16)11-5-17-9-3-1-2-4-10(9)18-11/h1-5H,6-8,16H2. The molecule has 0 unspecified atom stereocenters. The zero-order valence-corrected chi connectivity index (χ0v) is 9.74. The predicted molar refractivity (Wildman–Crippen MR) is 64.5 cm³/mol. The largest absolute Gasteiger partial charge is 0.330 e. The molecule has 0 radical (unpaired) electrons. The lowest BCUT2D eigenvalue weighted by atomic mass is 9.64. The van der Waals surface area contributed by atoms with Gasteiger partial charge in [0.2, 0.25) is 5.92 Å². The third-order valence-electron chi connectivity index (χ3n) is 3.58. The Bertz CT molecular complexity index is 590. The van der Waals surface area contributed by atoms with Gasteiger partial charge < -0.3 is 5.73 Å². The lowest BCUT2D eigenvalue weighted by Crippen LogP contribution is -2.54. The van der Waals surface area contributed by atoms with E-state index in [1.165, 1.54) is 0 Å². The molecule has 1 aliphatic rings. The second kappa shape index (κ2) is 3.68. The van der Waals surface area contributed by atoms with Gasteiger partial charge in [-0.05, 0) is 12.1 Å². The molecule has 1 aromatic carbocycles. The highest BCUT2D eigenvalue weighted by Crippen LogP contribution is 2.52. The van der Waals surface area contributed by atoms with Crippen molar-refractivity contribution in [2.75, 3.05) is 6.54 Å². The van der Waals surface area contributed by atoms with Crippen molar-refractivity contribution in [3.63, 3.8) is 0 Å². The van der Waals surface area contributed by atoms with Gasteiger partial charge in [-0.2, -0.15) is 0 Å². The van der Waals surface area contributed by atoms with Crippen LogP contribution in [0.4, 0.5) is 8.78 Å². The van der Waals surface area contributed by atoms with Crippen LogP contribution in [0.15, 0.2) is 30.5 Å². The van der Waals surface area contributed by atoms with Crippen LogP contribution < -0.4 is 5.73 Å². The second-order valence-corrected chi connectivity index (χ2v) is 4.94. The molecular formula is C13H13F2N3. The number of para-hydroxylation sites is 2. The Morgan fingerprint density at radius 3 is 2.44 bits per heavy atom. The molecule has 1 aliphatic carbocycles. The van der Waals surface area contributed by atoms with Crippen molar-refractivity contribution in [1.82, 2.24) is 9.97 Å². The van der Waals surface area contributed by atoms with Crippen molar-refractivity contribution >= 4 is 11.0 Å². The predicted octanol–water partition coefficient (Wildman–Crippen LogP) is 2.26. The van der Waals surface area contributed by atoms with Crippen LogP contribution in [0.1, 0.15) is 18.5 Å². The average molecular weight is 249 g/mol. The normalized spacial score (nSPS) is 20.6. The summed E-state index contributed by atoms with van der Waals surface area (Å²) < 4.78 is 26.2. The van der Waals surface area contributed by atoms with Crippen molar-refractivity contribution < 1.29 is 8.78 Å². The molecule has 94 valence electrons. The van der Waals surface area contributed by atoms with Crippen LogP contribution in [0.2, 0.25) is 0 Å². The second-order valence-electron chi connectivity index (χ2n) is 4.94. The Morgan fingerprint density at radius 1 is 1.17 bits per heavy atom. The molecule has 0 spiro atoms. The number of hydrogen-bond donors (Lipinski definition) is 1. The fraction of sp³-hybridized carbons (Fsp3) is 0.385. The average Bonchev–Trinajstić information content (AvgIpc) is 2.34. The third kappa shape index (κ3) is 1.66. The maximum absolute atomic E-state index is 13.1. The Labute approximate surface area is 103 Å². The molecule has 0 saturated heterocycles. The zero-order valence-electron chi connectivity index (χ0n) is 9.74. The lowest BCUT2D eigenvalue weighted by Gasteiger charge is -2.46. The van der Waals surface area contributed by atoms with Gasteiger partial charge in [0.05, 0.1) is 16.7 Å². The molecule has 2 N–H and O–H groups in total. The molecule has 0 atom stereocenters. The van der Waals surface area contributed by atoms with Crippen molar-refractivity contribution in [2.45, 2.75) is 24.2 Å². The van der Waals surface area contributed by atoms with Crippen LogP contribution in [0.5, 0.6) is 0 Å². The van der Waals surface area contributed by atoms with Gasteiger partial charge in [0.25, 0.3) is 0 Å². The van der Waals surface area contributed by atoms with Crippen LogP contribution in [-0.4, -0.2) is 22.4 Å². The van der Waals surface area contributed by atoms with E-state index in [1.807, 2.05) is 24.3 Å². The van der Waals surface area contributed by atoms with E-state index < -0.39 is 11.3 Å². The van der Waals surface area contributed by atoms with E-state index in [9.17, 15) is 8.78 Å². The minimum Gasteiger partial charge on any atom is -0.330 e. The lowest BCUT2D eigenvalue weighted by molar-refractivity contribution is -0.125. The van der Waals surface area contributed by atoms with E-state index in [1.54, 1.807) is 6.20 Å². The monoisotopic (exact) mass is 249 g/mol. The molecule has 1 saturated carbocycles. The number of fused-ring (bicyclic) bond motifs is 1. The van der Waals surface area contributed by atoms with Gasteiger partial charge in [-0.25, -0.2) is 13.8 Å². The molecule has 3 nitrogen and oxygen atoms in total. The highest BCUT2D eigenvalue weighted by atomic mass is 19.3. The van der Waals surface area contributed by atoms with E-state index in [0.29, 0.717) is 5.69 Å². The molecule has 0 aliphatic heterocycles.